The largest absolute Gasteiger partial charge is 0.341 e. The molecule has 0 radical (unpaired) electrons. The monoisotopic (exact) mass is 253 g/mol. The highest BCUT2D eigenvalue weighted by atomic mass is 16.2. The molecule has 0 aromatic rings. The van der Waals surface area contributed by atoms with E-state index in [0.29, 0.717) is 37.8 Å². The van der Waals surface area contributed by atoms with E-state index in [4.69, 9.17) is 11.0 Å². The summed E-state index contributed by atoms with van der Waals surface area (Å²) in [5.41, 5.74) is 5.50. The fraction of sp³-hybridized carbons (Fsp3) is 0.857. The first-order valence-electron chi connectivity index (χ1n) is 6.86. The lowest BCUT2D eigenvalue weighted by molar-refractivity contribution is -0.132. The van der Waals surface area contributed by atoms with Gasteiger partial charge in [-0.1, -0.05) is 20.8 Å². The van der Waals surface area contributed by atoms with Crippen molar-refractivity contribution < 1.29 is 4.79 Å². The number of nitriles is 1. The van der Waals surface area contributed by atoms with Crippen molar-refractivity contribution in [2.24, 2.45) is 17.6 Å². The number of hydrogen-bond donors (Lipinski definition) is 1. The molecule has 0 heterocycles. The summed E-state index contributed by atoms with van der Waals surface area (Å²) in [4.78, 5) is 13.9. The lowest BCUT2D eigenvalue weighted by Crippen LogP contribution is -2.35. The second kappa shape index (κ2) is 9.90. The molecule has 0 bridgehead atoms. The van der Waals surface area contributed by atoms with Gasteiger partial charge in [0.2, 0.25) is 5.91 Å². The second-order valence-electron chi connectivity index (χ2n) is 5.36. The van der Waals surface area contributed by atoms with Gasteiger partial charge in [0.05, 0.1) is 12.5 Å². The van der Waals surface area contributed by atoms with Crippen LogP contribution in [0.4, 0.5) is 0 Å². The molecule has 0 spiro atoms. The van der Waals surface area contributed by atoms with Crippen LogP contribution in [-0.4, -0.2) is 30.4 Å². The molecule has 0 aliphatic carbocycles. The van der Waals surface area contributed by atoms with Crippen molar-refractivity contribution in [1.82, 2.24) is 4.90 Å². The maximum Gasteiger partial charge on any atom is 0.222 e. The van der Waals surface area contributed by atoms with E-state index >= 15 is 0 Å². The molecule has 0 aromatic carbocycles. The Hall–Kier alpha value is -1.08. The van der Waals surface area contributed by atoms with Gasteiger partial charge < -0.3 is 10.6 Å². The highest BCUT2D eigenvalue weighted by molar-refractivity contribution is 5.76. The Balaban J connectivity index is 4.16. The molecule has 1 amide bonds. The third-order valence-corrected chi connectivity index (χ3v) is 2.94. The minimum absolute atomic E-state index is 0.169. The fourth-order valence-electron chi connectivity index (χ4n) is 1.90. The molecular weight excluding hydrogens is 226 g/mol. The van der Waals surface area contributed by atoms with Gasteiger partial charge in [-0.15, -0.1) is 0 Å². The van der Waals surface area contributed by atoms with Crippen molar-refractivity contribution in [3.63, 3.8) is 0 Å². The molecule has 4 nitrogen and oxygen atoms in total. The first-order valence-corrected chi connectivity index (χ1v) is 6.86. The molecule has 4 heteroatoms. The molecule has 0 saturated carbocycles. The van der Waals surface area contributed by atoms with Gasteiger partial charge in [0.25, 0.3) is 0 Å². The summed E-state index contributed by atoms with van der Waals surface area (Å²) in [5.74, 6) is 1.10. The summed E-state index contributed by atoms with van der Waals surface area (Å²) >= 11 is 0. The van der Waals surface area contributed by atoms with E-state index in [0.717, 1.165) is 19.4 Å². The van der Waals surface area contributed by atoms with Gasteiger partial charge in [0, 0.05) is 19.5 Å². The summed E-state index contributed by atoms with van der Waals surface area (Å²) in [5, 5.41) is 8.62. The Kier molecular flexibility index (Phi) is 9.31. The second-order valence-corrected chi connectivity index (χ2v) is 5.36. The SMILES string of the molecule is CC(C)CN(CCC#N)C(=O)CCC(C)CCN. The van der Waals surface area contributed by atoms with E-state index in [1.54, 1.807) is 0 Å². The Labute approximate surface area is 111 Å². The Morgan fingerprint density at radius 3 is 2.50 bits per heavy atom. The lowest BCUT2D eigenvalue weighted by Gasteiger charge is -2.24. The van der Waals surface area contributed by atoms with Crippen molar-refractivity contribution >= 4 is 5.91 Å². The summed E-state index contributed by atoms with van der Waals surface area (Å²) in [6.07, 6.45) is 2.84. The van der Waals surface area contributed by atoms with E-state index in [2.05, 4.69) is 26.8 Å². The normalized spacial score (nSPS) is 12.2. The van der Waals surface area contributed by atoms with Crippen molar-refractivity contribution in [1.29, 1.82) is 5.26 Å². The standard InChI is InChI=1S/C14H27N3O/c1-12(2)11-17(10-4-8-15)14(18)6-5-13(3)7-9-16/h12-13H,4-7,9-11,16H2,1-3H3. The van der Waals surface area contributed by atoms with E-state index < -0.39 is 0 Å². The van der Waals surface area contributed by atoms with Gasteiger partial charge in [-0.2, -0.15) is 5.26 Å². The first kappa shape index (κ1) is 16.9. The number of nitrogens with two attached hydrogens (primary N) is 1. The highest BCUT2D eigenvalue weighted by Gasteiger charge is 2.15. The van der Waals surface area contributed by atoms with Crippen LogP contribution in [0.2, 0.25) is 0 Å². The molecule has 0 aromatic heterocycles. The van der Waals surface area contributed by atoms with E-state index in [9.17, 15) is 4.79 Å². The van der Waals surface area contributed by atoms with Crippen LogP contribution in [0.3, 0.4) is 0 Å². The highest BCUT2D eigenvalue weighted by Crippen LogP contribution is 2.12. The zero-order valence-corrected chi connectivity index (χ0v) is 12.0. The molecule has 1 unspecified atom stereocenters. The van der Waals surface area contributed by atoms with Gasteiger partial charge in [-0.05, 0) is 31.2 Å². The predicted octanol–water partition coefficient (Wildman–Crippen LogP) is 2.15. The fourth-order valence-corrected chi connectivity index (χ4v) is 1.90. The van der Waals surface area contributed by atoms with Crippen LogP contribution in [0, 0.1) is 23.2 Å². The molecule has 0 fully saturated rings. The zero-order valence-electron chi connectivity index (χ0n) is 12.0. The number of carbonyl (C=O) groups excluding carboxylic acids is 1. The number of carbonyl (C=O) groups is 1. The molecule has 104 valence electrons. The van der Waals surface area contributed by atoms with E-state index in [-0.39, 0.29) is 5.91 Å². The topological polar surface area (TPSA) is 70.1 Å². The van der Waals surface area contributed by atoms with Crippen LogP contribution < -0.4 is 5.73 Å². The third-order valence-electron chi connectivity index (χ3n) is 2.94. The maximum absolute atomic E-state index is 12.1. The van der Waals surface area contributed by atoms with Gasteiger partial charge in [0.15, 0.2) is 0 Å². The van der Waals surface area contributed by atoms with Crippen LogP contribution in [0.25, 0.3) is 0 Å². The van der Waals surface area contributed by atoms with Crippen LogP contribution >= 0.6 is 0 Å². The van der Waals surface area contributed by atoms with Gasteiger partial charge in [0.1, 0.15) is 0 Å². The minimum Gasteiger partial charge on any atom is -0.341 e. The molecule has 0 saturated heterocycles. The quantitative estimate of drug-likeness (QED) is 0.684. The number of hydrogen-bond acceptors (Lipinski definition) is 3. The van der Waals surface area contributed by atoms with Crippen LogP contribution in [-0.2, 0) is 4.79 Å². The minimum atomic E-state index is 0.169. The average molecular weight is 253 g/mol. The van der Waals surface area contributed by atoms with E-state index in [1.807, 2.05) is 4.90 Å². The molecule has 0 aliphatic heterocycles. The smallest absolute Gasteiger partial charge is 0.222 e. The van der Waals surface area contributed by atoms with Crippen LogP contribution in [0.1, 0.15) is 46.5 Å². The Bertz CT molecular complexity index is 271. The Morgan fingerprint density at radius 1 is 1.33 bits per heavy atom. The van der Waals surface area contributed by atoms with Crippen LogP contribution in [0.15, 0.2) is 0 Å². The molecule has 1 atom stereocenters. The summed E-state index contributed by atoms with van der Waals surface area (Å²) in [6, 6.07) is 2.10. The van der Waals surface area contributed by atoms with Crippen molar-refractivity contribution in [3.05, 3.63) is 0 Å². The number of rotatable bonds is 9. The predicted molar refractivity (Wildman–Crippen MR) is 73.7 cm³/mol. The van der Waals surface area contributed by atoms with Gasteiger partial charge in [-0.25, -0.2) is 0 Å². The molecular formula is C14H27N3O. The van der Waals surface area contributed by atoms with Crippen molar-refractivity contribution in [2.45, 2.75) is 46.5 Å². The summed E-state index contributed by atoms with van der Waals surface area (Å²) in [7, 11) is 0. The Morgan fingerprint density at radius 2 is 2.00 bits per heavy atom. The lowest BCUT2D eigenvalue weighted by atomic mass is 10.0. The molecule has 2 N–H and O–H groups in total. The first-order chi connectivity index (χ1) is 8.51. The number of nitrogens with zero attached hydrogens (tertiary/aromatic N) is 2. The maximum atomic E-state index is 12.1. The number of amides is 1. The van der Waals surface area contributed by atoms with Crippen molar-refractivity contribution in [2.75, 3.05) is 19.6 Å². The van der Waals surface area contributed by atoms with E-state index in [1.165, 1.54) is 0 Å². The summed E-state index contributed by atoms with van der Waals surface area (Å²) in [6.45, 7) is 8.28. The summed E-state index contributed by atoms with van der Waals surface area (Å²) < 4.78 is 0. The molecule has 0 aliphatic rings. The van der Waals surface area contributed by atoms with Gasteiger partial charge >= 0.3 is 0 Å². The molecule has 18 heavy (non-hydrogen) atoms. The zero-order chi connectivity index (χ0) is 14.0. The van der Waals surface area contributed by atoms with Crippen molar-refractivity contribution in [3.8, 4) is 6.07 Å². The van der Waals surface area contributed by atoms with Crippen LogP contribution in [0.5, 0.6) is 0 Å². The van der Waals surface area contributed by atoms with Gasteiger partial charge in [-0.3, -0.25) is 4.79 Å². The molecule has 0 rings (SSSR count). The average Bonchev–Trinajstić information content (AvgIpc) is 2.31. The third kappa shape index (κ3) is 8.08.